The maximum absolute atomic E-state index is 13.5. The molecule has 4 rings (SSSR count). The molecule has 3 aromatic rings. The summed E-state index contributed by atoms with van der Waals surface area (Å²) in [5, 5.41) is 3.09. The van der Waals surface area contributed by atoms with Gasteiger partial charge in [-0.15, -0.1) is 0 Å². The van der Waals surface area contributed by atoms with Gasteiger partial charge >= 0.3 is 0 Å². The normalized spacial score (nSPS) is 14.1. The van der Waals surface area contributed by atoms with E-state index >= 15 is 0 Å². The molecule has 0 radical (unpaired) electrons. The highest BCUT2D eigenvalue weighted by atomic mass is 16.5. The molecule has 6 nitrogen and oxygen atoms in total. The lowest BCUT2D eigenvalue weighted by molar-refractivity contribution is 0.0854. The molecule has 1 amide bonds. The Balaban J connectivity index is 1.69. The number of hydrogen-bond donors (Lipinski definition) is 2. The topological polar surface area (TPSA) is 80.5 Å². The van der Waals surface area contributed by atoms with E-state index in [1.807, 2.05) is 32.9 Å². The van der Waals surface area contributed by atoms with Gasteiger partial charge < -0.3 is 20.7 Å². The zero-order valence-electron chi connectivity index (χ0n) is 21.4. The molecule has 0 bridgehead atoms. The number of carbonyl (C=O) groups excluding carboxylic acids is 1. The molecule has 2 aromatic carbocycles. The number of anilines is 2. The van der Waals surface area contributed by atoms with Crippen LogP contribution >= 0.6 is 0 Å². The number of nitrogens with one attached hydrogen (secondary N) is 1. The van der Waals surface area contributed by atoms with E-state index in [-0.39, 0.29) is 5.91 Å². The predicted molar refractivity (Wildman–Crippen MR) is 143 cm³/mol. The fraction of sp³-hybridized carbons (Fsp3) is 0.379. The number of nitrogens with zero attached hydrogens (tertiary/aromatic N) is 2. The molecular weight excluding hydrogens is 436 g/mol. The van der Waals surface area contributed by atoms with Crippen molar-refractivity contribution in [1.29, 1.82) is 0 Å². The number of aromatic nitrogens is 1. The van der Waals surface area contributed by atoms with Gasteiger partial charge in [0.05, 0.1) is 0 Å². The molecule has 1 saturated heterocycles. The van der Waals surface area contributed by atoms with Gasteiger partial charge in [-0.1, -0.05) is 29.8 Å². The van der Waals surface area contributed by atoms with E-state index in [1.165, 1.54) is 5.56 Å². The maximum atomic E-state index is 13.5. The van der Waals surface area contributed by atoms with Crippen molar-refractivity contribution in [3.05, 3.63) is 76.0 Å². The number of aryl methyl sites for hydroxylation is 3. The fourth-order valence-corrected chi connectivity index (χ4v) is 4.87. The Morgan fingerprint density at radius 1 is 1.06 bits per heavy atom. The number of nitrogen functional groups attached to an aromatic ring is 1. The number of carbonyl (C=O) groups is 1. The van der Waals surface area contributed by atoms with Crippen LogP contribution in [0.3, 0.4) is 0 Å². The third-order valence-corrected chi connectivity index (χ3v) is 7.06. The van der Waals surface area contributed by atoms with Gasteiger partial charge in [0.25, 0.3) is 5.91 Å². The van der Waals surface area contributed by atoms with Crippen LogP contribution in [-0.2, 0) is 11.3 Å². The molecule has 0 aliphatic carbocycles. The van der Waals surface area contributed by atoms with Crippen LogP contribution in [0.5, 0.6) is 0 Å². The minimum atomic E-state index is -0.113. The summed E-state index contributed by atoms with van der Waals surface area (Å²) in [7, 11) is 2.13. The Kier molecular flexibility index (Phi) is 7.41. The van der Waals surface area contributed by atoms with E-state index < -0.39 is 0 Å². The van der Waals surface area contributed by atoms with E-state index in [2.05, 4.69) is 59.5 Å². The SMILES string of the molecule is Cc1ccc(-c2cc(C(=O)NCc3c(C)cc(C)nc3N)c(C)c(N(C)C3CCOCC3)c2)cc1. The van der Waals surface area contributed by atoms with Gasteiger partial charge in [-0.05, 0) is 81.0 Å². The average molecular weight is 473 g/mol. The van der Waals surface area contributed by atoms with Crippen molar-refractivity contribution in [3.63, 3.8) is 0 Å². The monoisotopic (exact) mass is 472 g/mol. The first-order valence-electron chi connectivity index (χ1n) is 12.3. The standard InChI is InChI=1S/C29H36N4O2/c1-18-6-8-22(9-7-18)23-15-25(21(4)27(16-23)33(5)24-10-12-35-13-11-24)29(34)31-17-26-19(2)14-20(3)32-28(26)30/h6-9,14-16,24H,10-13,17H2,1-5H3,(H2,30,32)(H,31,34). The van der Waals surface area contributed by atoms with Crippen LogP contribution in [0.25, 0.3) is 11.1 Å². The largest absolute Gasteiger partial charge is 0.383 e. The second kappa shape index (κ2) is 10.5. The van der Waals surface area contributed by atoms with Crippen LogP contribution in [-0.4, -0.2) is 37.2 Å². The number of amides is 1. The highest BCUT2D eigenvalue weighted by Crippen LogP contribution is 2.33. The smallest absolute Gasteiger partial charge is 0.251 e. The molecule has 1 aromatic heterocycles. The van der Waals surface area contributed by atoms with E-state index in [0.717, 1.165) is 65.3 Å². The Morgan fingerprint density at radius 3 is 2.40 bits per heavy atom. The lowest BCUT2D eigenvalue weighted by atomic mass is 9.95. The van der Waals surface area contributed by atoms with E-state index in [4.69, 9.17) is 10.5 Å². The molecule has 184 valence electrons. The summed E-state index contributed by atoms with van der Waals surface area (Å²) in [6.45, 7) is 9.90. The van der Waals surface area contributed by atoms with Crippen LogP contribution < -0.4 is 16.0 Å². The molecule has 0 spiro atoms. The molecule has 1 fully saturated rings. The molecule has 6 heteroatoms. The maximum Gasteiger partial charge on any atom is 0.251 e. The summed E-state index contributed by atoms with van der Waals surface area (Å²) < 4.78 is 5.58. The second-order valence-corrected chi connectivity index (χ2v) is 9.62. The zero-order valence-corrected chi connectivity index (χ0v) is 21.4. The number of hydrogen-bond acceptors (Lipinski definition) is 5. The minimum Gasteiger partial charge on any atom is -0.383 e. The lowest BCUT2D eigenvalue weighted by Crippen LogP contribution is -2.37. The Hall–Kier alpha value is -3.38. The van der Waals surface area contributed by atoms with Crippen molar-refractivity contribution < 1.29 is 9.53 Å². The summed E-state index contributed by atoms with van der Waals surface area (Å²) >= 11 is 0. The van der Waals surface area contributed by atoms with Crippen LogP contribution in [0.2, 0.25) is 0 Å². The minimum absolute atomic E-state index is 0.113. The van der Waals surface area contributed by atoms with Crippen molar-refractivity contribution in [2.45, 2.75) is 53.1 Å². The molecule has 2 heterocycles. The Bertz CT molecular complexity index is 1190. The highest BCUT2D eigenvalue weighted by Gasteiger charge is 2.23. The first kappa shape index (κ1) is 24.7. The summed E-state index contributed by atoms with van der Waals surface area (Å²) in [5.74, 6) is 0.352. The molecule has 0 atom stereocenters. The van der Waals surface area contributed by atoms with E-state index in [9.17, 15) is 4.79 Å². The van der Waals surface area contributed by atoms with Crippen molar-refractivity contribution in [1.82, 2.24) is 10.3 Å². The Morgan fingerprint density at radius 2 is 1.74 bits per heavy atom. The number of rotatable bonds is 6. The molecule has 1 aliphatic heterocycles. The summed E-state index contributed by atoms with van der Waals surface area (Å²) in [5.41, 5.74) is 15.0. The predicted octanol–water partition coefficient (Wildman–Crippen LogP) is 5.11. The molecule has 3 N–H and O–H groups in total. The molecule has 1 aliphatic rings. The van der Waals surface area contributed by atoms with E-state index in [0.29, 0.717) is 24.0 Å². The number of benzene rings is 2. The second-order valence-electron chi connectivity index (χ2n) is 9.62. The lowest BCUT2D eigenvalue weighted by Gasteiger charge is -2.34. The first-order chi connectivity index (χ1) is 16.7. The fourth-order valence-electron chi connectivity index (χ4n) is 4.87. The van der Waals surface area contributed by atoms with Gasteiger partial charge in [-0.2, -0.15) is 0 Å². The molecule has 0 saturated carbocycles. The van der Waals surface area contributed by atoms with E-state index in [1.54, 1.807) is 0 Å². The summed E-state index contributed by atoms with van der Waals surface area (Å²) in [6.07, 6.45) is 1.95. The van der Waals surface area contributed by atoms with Gasteiger partial charge in [-0.3, -0.25) is 4.79 Å². The molecular formula is C29H36N4O2. The van der Waals surface area contributed by atoms with Crippen LogP contribution in [0.15, 0.2) is 42.5 Å². The molecule has 0 unspecified atom stereocenters. The number of pyridine rings is 1. The van der Waals surface area contributed by atoms with Crippen LogP contribution in [0.4, 0.5) is 11.5 Å². The summed E-state index contributed by atoms with van der Waals surface area (Å²) in [4.78, 5) is 20.2. The first-order valence-corrected chi connectivity index (χ1v) is 12.3. The van der Waals surface area contributed by atoms with Gasteiger partial charge in [0.15, 0.2) is 0 Å². The summed E-state index contributed by atoms with van der Waals surface area (Å²) in [6, 6.07) is 15.0. The average Bonchev–Trinajstić information content (AvgIpc) is 2.84. The number of nitrogens with two attached hydrogens (primary N) is 1. The zero-order chi connectivity index (χ0) is 25.1. The quantitative estimate of drug-likeness (QED) is 0.521. The van der Waals surface area contributed by atoms with Gasteiger partial charge in [0.2, 0.25) is 0 Å². The Labute approximate surface area is 208 Å². The van der Waals surface area contributed by atoms with Crippen LogP contribution in [0, 0.1) is 27.7 Å². The van der Waals surface area contributed by atoms with Crippen molar-refractivity contribution in [2.24, 2.45) is 0 Å². The van der Waals surface area contributed by atoms with Gasteiger partial charge in [0, 0.05) is 55.4 Å². The van der Waals surface area contributed by atoms with Crippen molar-refractivity contribution >= 4 is 17.4 Å². The number of ether oxygens (including phenoxy) is 1. The molecule has 35 heavy (non-hydrogen) atoms. The van der Waals surface area contributed by atoms with Crippen LogP contribution in [0.1, 0.15) is 51.1 Å². The van der Waals surface area contributed by atoms with Crippen molar-refractivity contribution in [3.8, 4) is 11.1 Å². The van der Waals surface area contributed by atoms with Gasteiger partial charge in [0.1, 0.15) is 5.82 Å². The third-order valence-electron chi connectivity index (χ3n) is 7.06. The van der Waals surface area contributed by atoms with Crippen molar-refractivity contribution in [2.75, 3.05) is 30.9 Å². The highest BCUT2D eigenvalue weighted by molar-refractivity contribution is 5.99. The third kappa shape index (κ3) is 5.49. The van der Waals surface area contributed by atoms with Gasteiger partial charge in [-0.25, -0.2) is 4.98 Å².